The zero-order valence-electron chi connectivity index (χ0n) is 12.7. The van der Waals surface area contributed by atoms with Crippen LogP contribution < -0.4 is 10.2 Å². The summed E-state index contributed by atoms with van der Waals surface area (Å²) in [7, 11) is 1.95. The van der Waals surface area contributed by atoms with Crippen LogP contribution in [0.2, 0.25) is 5.02 Å². The molecule has 0 bridgehead atoms. The van der Waals surface area contributed by atoms with Crippen molar-refractivity contribution in [2.45, 2.75) is 38.8 Å². The Morgan fingerprint density at radius 2 is 2.30 bits per heavy atom. The first kappa shape index (κ1) is 15.6. The third-order valence-electron chi connectivity index (χ3n) is 4.03. The highest BCUT2D eigenvalue weighted by Crippen LogP contribution is 2.29. The highest BCUT2D eigenvalue weighted by molar-refractivity contribution is 6.31. The Kier molecular flexibility index (Phi) is 5.70. The lowest BCUT2D eigenvalue weighted by Gasteiger charge is -2.34. The molecule has 112 valence electrons. The molecule has 0 saturated carbocycles. The van der Waals surface area contributed by atoms with Crippen LogP contribution in [0.3, 0.4) is 0 Å². The van der Waals surface area contributed by atoms with Crippen LogP contribution in [0.1, 0.15) is 38.3 Å². The van der Waals surface area contributed by atoms with E-state index < -0.39 is 0 Å². The van der Waals surface area contributed by atoms with E-state index in [-0.39, 0.29) is 6.04 Å². The van der Waals surface area contributed by atoms with E-state index in [9.17, 15) is 0 Å². The van der Waals surface area contributed by atoms with Crippen LogP contribution in [0.25, 0.3) is 0 Å². The van der Waals surface area contributed by atoms with Crippen molar-refractivity contribution < 1.29 is 4.74 Å². The predicted molar refractivity (Wildman–Crippen MR) is 85.8 cm³/mol. The minimum absolute atomic E-state index is 0.272. The highest BCUT2D eigenvalue weighted by atomic mass is 35.5. The molecule has 1 fully saturated rings. The first-order valence-corrected chi connectivity index (χ1v) is 7.86. The molecule has 20 heavy (non-hydrogen) atoms. The van der Waals surface area contributed by atoms with Crippen LogP contribution in [0.15, 0.2) is 18.2 Å². The van der Waals surface area contributed by atoms with Crippen LogP contribution in [0, 0.1) is 0 Å². The SMILES string of the molecule is CCOC1CCCN(c2ccc(C(C)NC)c(Cl)c2)C1. The Labute approximate surface area is 127 Å². The summed E-state index contributed by atoms with van der Waals surface area (Å²) in [6.45, 7) is 7.01. The molecule has 1 aromatic carbocycles. The van der Waals surface area contributed by atoms with Gasteiger partial charge in [0.05, 0.1) is 6.10 Å². The van der Waals surface area contributed by atoms with Crippen LogP contribution in [-0.4, -0.2) is 32.8 Å². The highest BCUT2D eigenvalue weighted by Gasteiger charge is 2.21. The molecule has 2 rings (SSSR count). The standard InChI is InChI=1S/C16H25ClN2O/c1-4-20-14-6-5-9-19(11-14)13-7-8-15(12(2)18-3)16(17)10-13/h7-8,10,12,14,18H,4-6,9,11H2,1-3H3. The van der Waals surface area contributed by atoms with E-state index in [0.29, 0.717) is 6.10 Å². The molecule has 1 aliphatic rings. The number of halogens is 1. The summed E-state index contributed by atoms with van der Waals surface area (Å²) in [6.07, 6.45) is 2.69. The Balaban J connectivity index is 2.10. The quantitative estimate of drug-likeness (QED) is 0.898. The second kappa shape index (κ2) is 7.30. The smallest absolute Gasteiger partial charge is 0.0750 e. The van der Waals surface area contributed by atoms with Gasteiger partial charge >= 0.3 is 0 Å². The Morgan fingerprint density at radius 1 is 1.50 bits per heavy atom. The molecule has 0 spiro atoms. The third-order valence-corrected chi connectivity index (χ3v) is 4.36. The van der Waals surface area contributed by atoms with Gasteiger partial charge in [-0.15, -0.1) is 0 Å². The number of piperidine rings is 1. The lowest BCUT2D eigenvalue weighted by Crippen LogP contribution is -2.39. The average molecular weight is 297 g/mol. The van der Waals surface area contributed by atoms with Crippen molar-refractivity contribution in [2.24, 2.45) is 0 Å². The van der Waals surface area contributed by atoms with Crippen molar-refractivity contribution in [3.05, 3.63) is 28.8 Å². The molecule has 2 unspecified atom stereocenters. The molecule has 0 aromatic heterocycles. The number of hydrogen-bond donors (Lipinski definition) is 1. The minimum Gasteiger partial charge on any atom is -0.377 e. The van der Waals surface area contributed by atoms with Crippen LogP contribution >= 0.6 is 11.6 Å². The summed E-state index contributed by atoms with van der Waals surface area (Å²) in [5.74, 6) is 0. The van der Waals surface area contributed by atoms with E-state index in [1.54, 1.807) is 0 Å². The average Bonchev–Trinajstić information content (AvgIpc) is 2.47. The summed E-state index contributed by atoms with van der Waals surface area (Å²) in [6, 6.07) is 6.65. The maximum Gasteiger partial charge on any atom is 0.0750 e. The van der Waals surface area contributed by atoms with E-state index in [1.807, 2.05) is 7.05 Å². The van der Waals surface area contributed by atoms with Gasteiger partial charge in [0.1, 0.15) is 0 Å². The fourth-order valence-electron chi connectivity index (χ4n) is 2.76. The Morgan fingerprint density at radius 3 is 2.95 bits per heavy atom. The summed E-state index contributed by atoms with van der Waals surface area (Å²) in [4.78, 5) is 2.38. The summed E-state index contributed by atoms with van der Waals surface area (Å²) in [5, 5.41) is 4.06. The van der Waals surface area contributed by atoms with Gasteiger partial charge < -0.3 is 15.0 Å². The van der Waals surface area contributed by atoms with Crippen molar-refractivity contribution in [3.63, 3.8) is 0 Å². The second-order valence-electron chi connectivity index (χ2n) is 5.38. The molecule has 0 aliphatic carbocycles. The predicted octanol–water partition coefficient (Wildman–Crippen LogP) is 3.63. The second-order valence-corrected chi connectivity index (χ2v) is 5.79. The van der Waals surface area contributed by atoms with Crippen molar-refractivity contribution in [1.82, 2.24) is 5.32 Å². The van der Waals surface area contributed by atoms with E-state index in [0.717, 1.165) is 36.7 Å². The maximum absolute atomic E-state index is 6.42. The molecule has 1 aromatic rings. The number of hydrogen-bond acceptors (Lipinski definition) is 3. The minimum atomic E-state index is 0.272. The van der Waals surface area contributed by atoms with Crippen molar-refractivity contribution in [2.75, 3.05) is 31.6 Å². The Hall–Kier alpha value is -0.770. The largest absolute Gasteiger partial charge is 0.377 e. The van der Waals surface area contributed by atoms with Crippen LogP contribution in [0.4, 0.5) is 5.69 Å². The summed E-state index contributed by atoms with van der Waals surface area (Å²) < 4.78 is 5.76. The number of nitrogens with zero attached hydrogens (tertiary/aromatic N) is 1. The normalized spacial score (nSPS) is 21.0. The first-order valence-electron chi connectivity index (χ1n) is 7.49. The van der Waals surface area contributed by atoms with Gasteiger partial charge in [0, 0.05) is 36.4 Å². The van der Waals surface area contributed by atoms with E-state index >= 15 is 0 Å². The zero-order chi connectivity index (χ0) is 14.5. The fraction of sp³-hybridized carbons (Fsp3) is 0.625. The summed E-state index contributed by atoms with van der Waals surface area (Å²) in [5.41, 5.74) is 2.35. The lowest BCUT2D eigenvalue weighted by atomic mass is 10.0. The number of rotatable bonds is 5. The fourth-order valence-corrected chi connectivity index (χ4v) is 3.10. The van der Waals surface area contributed by atoms with Crippen molar-refractivity contribution in [1.29, 1.82) is 0 Å². The lowest BCUT2D eigenvalue weighted by molar-refractivity contribution is 0.0527. The molecule has 1 saturated heterocycles. The number of benzene rings is 1. The van der Waals surface area contributed by atoms with Gasteiger partial charge in [0.25, 0.3) is 0 Å². The molecule has 4 heteroatoms. The Bertz CT molecular complexity index is 436. The van der Waals surface area contributed by atoms with Gasteiger partial charge in [-0.25, -0.2) is 0 Å². The zero-order valence-corrected chi connectivity index (χ0v) is 13.4. The third kappa shape index (κ3) is 3.66. The topological polar surface area (TPSA) is 24.5 Å². The van der Waals surface area contributed by atoms with Crippen molar-refractivity contribution >= 4 is 17.3 Å². The van der Waals surface area contributed by atoms with Gasteiger partial charge in [-0.1, -0.05) is 17.7 Å². The van der Waals surface area contributed by atoms with Gasteiger partial charge in [0.15, 0.2) is 0 Å². The summed E-state index contributed by atoms with van der Waals surface area (Å²) >= 11 is 6.42. The van der Waals surface area contributed by atoms with Gasteiger partial charge in [0.2, 0.25) is 0 Å². The van der Waals surface area contributed by atoms with Crippen molar-refractivity contribution in [3.8, 4) is 0 Å². The maximum atomic E-state index is 6.42. The first-order chi connectivity index (χ1) is 9.65. The molecule has 1 N–H and O–H groups in total. The molecule has 2 atom stereocenters. The number of anilines is 1. The molecule has 0 amide bonds. The number of nitrogens with one attached hydrogen (secondary N) is 1. The van der Waals surface area contributed by atoms with Gasteiger partial charge in [-0.2, -0.15) is 0 Å². The monoisotopic (exact) mass is 296 g/mol. The molecule has 1 aliphatic heterocycles. The van der Waals surface area contributed by atoms with E-state index in [1.165, 1.54) is 12.1 Å². The molecular weight excluding hydrogens is 272 g/mol. The molecule has 1 heterocycles. The molecular formula is C16H25ClN2O. The molecule has 0 radical (unpaired) electrons. The van der Waals surface area contributed by atoms with E-state index in [2.05, 4.69) is 42.3 Å². The van der Waals surface area contributed by atoms with Gasteiger partial charge in [-0.3, -0.25) is 0 Å². The molecule has 3 nitrogen and oxygen atoms in total. The number of ether oxygens (including phenoxy) is 1. The van der Waals surface area contributed by atoms with Gasteiger partial charge in [-0.05, 0) is 51.4 Å². The van der Waals surface area contributed by atoms with Crippen LogP contribution in [-0.2, 0) is 4.74 Å². The van der Waals surface area contributed by atoms with E-state index in [4.69, 9.17) is 16.3 Å². The van der Waals surface area contributed by atoms with Crippen LogP contribution in [0.5, 0.6) is 0 Å².